The Morgan fingerprint density at radius 2 is 1.64 bits per heavy atom. The van der Waals surface area contributed by atoms with E-state index in [1.54, 1.807) is 26.3 Å². The molecule has 3 rings (SSSR count). The lowest BCUT2D eigenvalue weighted by molar-refractivity contribution is -0.131. The zero-order valence-corrected chi connectivity index (χ0v) is 21.6. The Morgan fingerprint density at radius 1 is 1.00 bits per heavy atom. The lowest BCUT2D eigenvalue weighted by Crippen LogP contribution is -2.49. The van der Waals surface area contributed by atoms with E-state index < -0.39 is 0 Å². The molecule has 33 heavy (non-hydrogen) atoms. The Kier molecular flexibility index (Phi) is 11.2. The van der Waals surface area contributed by atoms with Gasteiger partial charge in [0, 0.05) is 58.4 Å². The van der Waals surface area contributed by atoms with Gasteiger partial charge in [0.2, 0.25) is 5.91 Å². The summed E-state index contributed by atoms with van der Waals surface area (Å²) in [6.45, 7) is 4.11. The lowest BCUT2D eigenvalue weighted by atomic mass is 10.1. The largest absolute Gasteiger partial charge is 0.497 e. The molecule has 0 bridgehead atoms. The average molecular weight is 569 g/mol. The molecule has 1 saturated heterocycles. The van der Waals surface area contributed by atoms with Gasteiger partial charge in [0.1, 0.15) is 11.6 Å². The van der Waals surface area contributed by atoms with Crippen molar-refractivity contribution in [3.05, 3.63) is 59.9 Å². The van der Waals surface area contributed by atoms with Crippen LogP contribution < -0.4 is 20.3 Å². The maximum Gasteiger partial charge on any atom is 0.224 e. The second-order valence-corrected chi connectivity index (χ2v) is 7.62. The number of hydrogen-bond acceptors (Lipinski definition) is 4. The summed E-state index contributed by atoms with van der Waals surface area (Å²) in [4.78, 5) is 20.8. The van der Waals surface area contributed by atoms with Crippen molar-refractivity contribution in [2.45, 2.75) is 12.8 Å². The normalized spacial score (nSPS) is 13.8. The highest BCUT2D eigenvalue weighted by Crippen LogP contribution is 2.17. The Balaban J connectivity index is 0.00000385. The van der Waals surface area contributed by atoms with E-state index in [1.807, 2.05) is 29.2 Å². The van der Waals surface area contributed by atoms with Gasteiger partial charge in [0.25, 0.3) is 0 Å². The zero-order chi connectivity index (χ0) is 22.8. The van der Waals surface area contributed by atoms with E-state index in [0.29, 0.717) is 32.0 Å². The van der Waals surface area contributed by atoms with Crippen LogP contribution in [0.4, 0.5) is 10.1 Å². The van der Waals surface area contributed by atoms with Gasteiger partial charge in [-0.15, -0.1) is 24.0 Å². The number of carbonyl (C=O) groups is 1. The number of methoxy groups -OCH3 is 1. The number of carbonyl (C=O) groups excluding carboxylic acids is 1. The first-order valence-corrected chi connectivity index (χ1v) is 10.9. The number of guanidine groups is 1. The van der Waals surface area contributed by atoms with Crippen molar-refractivity contribution < 1.29 is 13.9 Å². The summed E-state index contributed by atoms with van der Waals surface area (Å²) in [7, 11) is 3.38. The number of amides is 1. The van der Waals surface area contributed by atoms with Crippen LogP contribution in [0.5, 0.6) is 5.75 Å². The number of piperazine rings is 1. The SMILES string of the molecule is CN=C(NCCC(=O)N1CCN(c2ccc(F)cc2)CC1)NCCc1ccc(OC)cc1.I. The molecule has 0 aromatic heterocycles. The second-order valence-electron chi connectivity index (χ2n) is 7.62. The number of benzene rings is 2. The molecule has 0 spiro atoms. The fourth-order valence-electron chi connectivity index (χ4n) is 3.65. The van der Waals surface area contributed by atoms with E-state index >= 15 is 0 Å². The lowest BCUT2D eigenvalue weighted by Gasteiger charge is -2.36. The minimum atomic E-state index is -0.236. The van der Waals surface area contributed by atoms with Gasteiger partial charge in [0.15, 0.2) is 5.96 Å². The highest BCUT2D eigenvalue weighted by Gasteiger charge is 2.21. The minimum absolute atomic E-state index is 0. The topological polar surface area (TPSA) is 69.2 Å². The van der Waals surface area contributed by atoms with Crippen molar-refractivity contribution in [3.8, 4) is 5.75 Å². The monoisotopic (exact) mass is 569 g/mol. The van der Waals surface area contributed by atoms with Crippen molar-refractivity contribution >= 4 is 41.5 Å². The van der Waals surface area contributed by atoms with Crippen LogP contribution in [0, 0.1) is 5.82 Å². The number of halogens is 2. The van der Waals surface area contributed by atoms with Gasteiger partial charge in [0.05, 0.1) is 7.11 Å². The molecule has 1 amide bonds. The van der Waals surface area contributed by atoms with Crippen LogP contribution in [-0.2, 0) is 11.2 Å². The first-order chi connectivity index (χ1) is 15.6. The van der Waals surface area contributed by atoms with E-state index in [-0.39, 0.29) is 35.7 Å². The smallest absolute Gasteiger partial charge is 0.224 e. The maximum atomic E-state index is 13.1. The molecule has 1 heterocycles. The summed E-state index contributed by atoms with van der Waals surface area (Å²) < 4.78 is 18.3. The molecule has 9 heteroatoms. The third-order valence-corrected chi connectivity index (χ3v) is 5.54. The van der Waals surface area contributed by atoms with Crippen LogP contribution in [0.2, 0.25) is 0 Å². The van der Waals surface area contributed by atoms with Crippen molar-refractivity contribution in [3.63, 3.8) is 0 Å². The number of hydrogen-bond donors (Lipinski definition) is 2. The van der Waals surface area contributed by atoms with Gasteiger partial charge in [-0.1, -0.05) is 12.1 Å². The molecule has 180 valence electrons. The molecule has 0 aliphatic carbocycles. The molecule has 7 nitrogen and oxygen atoms in total. The predicted octanol–water partition coefficient (Wildman–Crippen LogP) is 2.90. The Bertz CT molecular complexity index is 885. The average Bonchev–Trinajstić information content (AvgIpc) is 2.84. The van der Waals surface area contributed by atoms with Crippen molar-refractivity contribution in [2.24, 2.45) is 4.99 Å². The van der Waals surface area contributed by atoms with Crippen molar-refractivity contribution in [1.82, 2.24) is 15.5 Å². The van der Waals surface area contributed by atoms with E-state index in [1.165, 1.54) is 17.7 Å². The highest BCUT2D eigenvalue weighted by atomic mass is 127. The number of nitrogens with zero attached hydrogens (tertiary/aromatic N) is 3. The molecule has 1 aliphatic heterocycles. The fraction of sp³-hybridized carbons (Fsp3) is 0.417. The van der Waals surface area contributed by atoms with Crippen LogP contribution in [0.3, 0.4) is 0 Å². The number of nitrogens with one attached hydrogen (secondary N) is 2. The first-order valence-electron chi connectivity index (χ1n) is 10.9. The van der Waals surface area contributed by atoms with Crippen LogP contribution in [-0.4, -0.2) is 70.2 Å². The molecule has 0 saturated carbocycles. The van der Waals surface area contributed by atoms with Crippen LogP contribution in [0.15, 0.2) is 53.5 Å². The van der Waals surface area contributed by atoms with E-state index in [0.717, 1.165) is 37.5 Å². The van der Waals surface area contributed by atoms with Gasteiger partial charge in [-0.05, 0) is 48.4 Å². The third-order valence-electron chi connectivity index (χ3n) is 5.54. The molecule has 1 aliphatic rings. The molecule has 0 unspecified atom stereocenters. The van der Waals surface area contributed by atoms with Crippen LogP contribution in [0.25, 0.3) is 0 Å². The number of aliphatic imine (C=N–C) groups is 1. The Hall–Kier alpha value is -2.56. The third kappa shape index (κ3) is 8.38. The minimum Gasteiger partial charge on any atom is -0.497 e. The molecule has 1 fully saturated rings. The second kappa shape index (κ2) is 13.9. The summed E-state index contributed by atoms with van der Waals surface area (Å²) in [5.41, 5.74) is 2.20. The van der Waals surface area contributed by atoms with Gasteiger partial charge >= 0.3 is 0 Å². The molecule has 2 aromatic rings. The van der Waals surface area contributed by atoms with Crippen molar-refractivity contribution in [2.75, 3.05) is 58.3 Å². The summed E-state index contributed by atoms with van der Waals surface area (Å²) in [6.07, 6.45) is 1.28. The van der Waals surface area contributed by atoms with E-state index in [2.05, 4.69) is 20.5 Å². The number of anilines is 1. The summed E-state index contributed by atoms with van der Waals surface area (Å²) in [5.74, 6) is 1.43. The van der Waals surface area contributed by atoms with E-state index in [4.69, 9.17) is 4.74 Å². The molecule has 2 N–H and O–H groups in total. The van der Waals surface area contributed by atoms with Gasteiger partial charge in [-0.2, -0.15) is 0 Å². The first kappa shape index (κ1) is 26.7. The van der Waals surface area contributed by atoms with E-state index in [9.17, 15) is 9.18 Å². The maximum absolute atomic E-state index is 13.1. The molecule has 2 aromatic carbocycles. The van der Waals surface area contributed by atoms with Gasteiger partial charge < -0.3 is 25.2 Å². The van der Waals surface area contributed by atoms with Crippen LogP contribution >= 0.6 is 24.0 Å². The van der Waals surface area contributed by atoms with Crippen LogP contribution in [0.1, 0.15) is 12.0 Å². The van der Waals surface area contributed by atoms with Gasteiger partial charge in [-0.25, -0.2) is 4.39 Å². The Labute approximate surface area is 212 Å². The standard InChI is InChI=1S/C24H32FN5O2.HI/c1-26-24(27-13-11-19-3-9-22(32-2)10-4-19)28-14-12-23(31)30-17-15-29(16-18-30)21-7-5-20(25)6-8-21;/h3-10H,11-18H2,1-2H3,(H2,26,27,28);1H. The summed E-state index contributed by atoms with van der Waals surface area (Å²) in [5, 5.41) is 6.49. The van der Waals surface area contributed by atoms with Crippen molar-refractivity contribution in [1.29, 1.82) is 0 Å². The molecule has 0 radical (unpaired) electrons. The number of ether oxygens (including phenoxy) is 1. The molecular weight excluding hydrogens is 536 g/mol. The predicted molar refractivity (Wildman–Crippen MR) is 141 cm³/mol. The highest BCUT2D eigenvalue weighted by molar-refractivity contribution is 14.0. The molecular formula is C24H33FIN5O2. The summed E-state index contributed by atoms with van der Waals surface area (Å²) in [6, 6.07) is 14.5. The fourth-order valence-corrected chi connectivity index (χ4v) is 3.65. The zero-order valence-electron chi connectivity index (χ0n) is 19.2. The summed E-state index contributed by atoms with van der Waals surface area (Å²) >= 11 is 0. The molecule has 0 atom stereocenters. The quantitative estimate of drug-likeness (QED) is 0.291. The number of rotatable bonds is 8. The van der Waals surface area contributed by atoms with Gasteiger partial charge in [-0.3, -0.25) is 9.79 Å². The Morgan fingerprint density at radius 3 is 2.24 bits per heavy atom.